The highest BCUT2D eigenvalue weighted by Gasteiger charge is 2.28. The first-order chi connectivity index (χ1) is 15.0. The van der Waals surface area contributed by atoms with E-state index >= 15 is 0 Å². The van der Waals surface area contributed by atoms with E-state index < -0.39 is 11.7 Å². The Morgan fingerprint density at radius 1 is 1.29 bits per heavy atom. The maximum absolute atomic E-state index is 14.4. The summed E-state index contributed by atoms with van der Waals surface area (Å²) in [6.07, 6.45) is 7.64. The number of halogens is 3. The third-order valence-corrected chi connectivity index (χ3v) is 6.15. The van der Waals surface area contributed by atoms with Crippen LogP contribution in [-0.2, 0) is 0 Å². The van der Waals surface area contributed by atoms with Crippen molar-refractivity contribution >= 4 is 46.7 Å². The first-order valence-electron chi connectivity index (χ1n) is 10.00. The predicted octanol–water partition coefficient (Wildman–Crippen LogP) is 5.12. The van der Waals surface area contributed by atoms with Crippen LogP contribution in [0.25, 0.3) is 0 Å². The highest BCUT2D eigenvalue weighted by molar-refractivity contribution is 7.97. The summed E-state index contributed by atoms with van der Waals surface area (Å²) in [7, 11) is 0. The lowest BCUT2D eigenvalue weighted by atomic mass is 10.2. The van der Waals surface area contributed by atoms with Gasteiger partial charge >= 0.3 is 0 Å². The number of aromatic nitrogens is 1. The van der Waals surface area contributed by atoms with E-state index in [1.54, 1.807) is 12.5 Å². The molecule has 1 saturated heterocycles. The molecule has 0 bridgehead atoms. The summed E-state index contributed by atoms with van der Waals surface area (Å²) in [5.74, 6) is -0.556. The molecule has 1 unspecified atom stereocenters. The van der Waals surface area contributed by atoms with E-state index in [1.807, 2.05) is 6.07 Å². The smallest absolute Gasteiger partial charge is 0.264 e. The van der Waals surface area contributed by atoms with Crippen LogP contribution in [0.5, 0.6) is 11.6 Å². The van der Waals surface area contributed by atoms with Gasteiger partial charge in [-0.15, -0.1) is 0 Å². The maximum Gasteiger partial charge on any atom is 0.264 e. The normalized spacial score (nSPS) is 18.2. The molecule has 1 amide bonds. The van der Waals surface area contributed by atoms with Gasteiger partial charge in [-0.2, -0.15) is 0 Å². The number of carbonyl (C=O) groups excluding carboxylic acids is 1. The molecule has 6 nitrogen and oxygen atoms in total. The number of rotatable bonds is 8. The molecule has 2 aliphatic rings. The van der Waals surface area contributed by atoms with Crippen molar-refractivity contribution in [3.8, 4) is 11.6 Å². The molecule has 2 fully saturated rings. The Hall–Kier alpha value is -1.90. The molecule has 1 aromatic heterocycles. The number of amides is 1. The van der Waals surface area contributed by atoms with Crippen LogP contribution in [0, 0.1) is 5.82 Å². The molecule has 166 valence electrons. The third-order valence-electron chi connectivity index (χ3n) is 5.20. The van der Waals surface area contributed by atoms with E-state index in [-0.39, 0.29) is 28.5 Å². The standard InChI is InChI=1S/C21H22Cl2FN3O3S/c1-31-26-20(28)15-8-16(22)19(9-18(15)24)29-11-12-3-2-6-27(12)13-7-17(23)21(25-10-13)30-14-4-5-14/h7-10,12,14H,2-6,11H2,1H3,(H,26,28). The predicted molar refractivity (Wildman–Crippen MR) is 121 cm³/mol. The number of hydrogen-bond donors (Lipinski definition) is 1. The quantitative estimate of drug-likeness (QED) is 0.523. The molecule has 1 aliphatic heterocycles. The van der Waals surface area contributed by atoms with E-state index in [9.17, 15) is 9.18 Å². The SMILES string of the molecule is CSNC(=O)c1cc(Cl)c(OCC2CCCN2c2cnc(OC3CC3)c(Cl)c2)cc1F. The van der Waals surface area contributed by atoms with Gasteiger partial charge in [0.2, 0.25) is 5.88 Å². The Morgan fingerprint density at radius 2 is 2.10 bits per heavy atom. The van der Waals surface area contributed by atoms with Gasteiger partial charge in [-0.05, 0) is 37.8 Å². The lowest BCUT2D eigenvalue weighted by Gasteiger charge is -2.27. The van der Waals surface area contributed by atoms with Crippen LogP contribution >= 0.6 is 35.1 Å². The molecular weight excluding hydrogens is 464 g/mol. The van der Waals surface area contributed by atoms with Gasteiger partial charge in [0.05, 0.1) is 28.5 Å². The zero-order valence-corrected chi connectivity index (χ0v) is 19.2. The molecule has 31 heavy (non-hydrogen) atoms. The highest BCUT2D eigenvalue weighted by Crippen LogP contribution is 2.35. The van der Waals surface area contributed by atoms with Gasteiger partial charge in [0.25, 0.3) is 5.91 Å². The first-order valence-corrected chi connectivity index (χ1v) is 12.0. The number of benzene rings is 1. The largest absolute Gasteiger partial charge is 0.490 e. The van der Waals surface area contributed by atoms with Crippen LogP contribution in [0.15, 0.2) is 24.4 Å². The summed E-state index contributed by atoms with van der Waals surface area (Å²) < 4.78 is 28.4. The van der Waals surface area contributed by atoms with Gasteiger partial charge < -0.3 is 14.4 Å². The van der Waals surface area contributed by atoms with Gasteiger partial charge in [-0.25, -0.2) is 9.37 Å². The van der Waals surface area contributed by atoms with Crippen LogP contribution in [0.2, 0.25) is 10.0 Å². The third kappa shape index (κ3) is 5.30. The van der Waals surface area contributed by atoms with Crippen molar-refractivity contribution in [3.63, 3.8) is 0 Å². The lowest BCUT2D eigenvalue weighted by molar-refractivity contribution is 0.0980. The monoisotopic (exact) mass is 485 g/mol. The van der Waals surface area contributed by atoms with Gasteiger partial charge in [-0.3, -0.25) is 9.52 Å². The van der Waals surface area contributed by atoms with Crippen LogP contribution in [0.3, 0.4) is 0 Å². The summed E-state index contributed by atoms with van der Waals surface area (Å²) in [5.41, 5.74) is 0.768. The zero-order chi connectivity index (χ0) is 22.0. The van der Waals surface area contributed by atoms with Crippen molar-refractivity contribution in [2.45, 2.75) is 37.8 Å². The van der Waals surface area contributed by atoms with E-state index in [1.165, 1.54) is 6.07 Å². The molecule has 0 radical (unpaired) electrons. The van der Waals surface area contributed by atoms with Crippen molar-refractivity contribution in [1.82, 2.24) is 9.71 Å². The summed E-state index contributed by atoms with van der Waals surface area (Å²) in [6, 6.07) is 4.36. The number of pyridine rings is 1. The number of carbonyl (C=O) groups is 1. The summed E-state index contributed by atoms with van der Waals surface area (Å²) >= 11 is 13.7. The average Bonchev–Trinajstić information content (AvgIpc) is 3.44. The maximum atomic E-state index is 14.4. The number of nitrogens with one attached hydrogen (secondary N) is 1. The summed E-state index contributed by atoms with van der Waals surface area (Å²) in [4.78, 5) is 18.5. The van der Waals surface area contributed by atoms with Crippen molar-refractivity contribution in [1.29, 1.82) is 0 Å². The molecule has 4 rings (SSSR count). The Balaban J connectivity index is 1.43. The Kier molecular flexibility index (Phi) is 6.99. The van der Waals surface area contributed by atoms with Crippen LogP contribution in [0.1, 0.15) is 36.0 Å². The Bertz CT molecular complexity index is 977. The lowest BCUT2D eigenvalue weighted by Crippen LogP contribution is -2.34. The fraction of sp³-hybridized carbons (Fsp3) is 0.429. The molecule has 2 aromatic rings. The molecule has 10 heteroatoms. The van der Waals surface area contributed by atoms with E-state index in [4.69, 9.17) is 32.7 Å². The van der Waals surface area contributed by atoms with Gasteiger partial charge in [0.15, 0.2) is 0 Å². The van der Waals surface area contributed by atoms with Crippen molar-refractivity contribution in [3.05, 3.63) is 45.8 Å². The van der Waals surface area contributed by atoms with Crippen LogP contribution < -0.4 is 19.1 Å². The van der Waals surface area contributed by atoms with Gasteiger partial charge in [-0.1, -0.05) is 35.1 Å². The molecule has 2 heterocycles. The second kappa shape index (κ2) is 9.71. The molecule has 1 aliphatic carbocycles. The number of anilines is 1. The second-order valence-corrected chi connectivity index (χ2v) is 8.92. The fourth-order valence-electron chi connectivity index (χ4n) is 3.50. The molecular formula is C21H22Cl2FN3O3S. The average molecular weight is 486 g/mol. The number of hydrogen-bond acceptors (Lipinski definition) is 6. The van der Waals surface area contributed by atoms with E-state index in [0.29, 0.717) is 17.5 Å². The highest BCUT2D eigenvalue weighted by atomic mass is 35.5. The van der Waals surface area contributed by atoms with E-state index in [2.05, 4.69) is 14.6 Å². The molecule has 1 saturated carbocycles. The van der Waals surface area contributed by atoms with Crippen molar-refractivity contribution in [2.24, 2.45) is 0 Å². The molecule has 1 N–H and O–H groups in total. The first kappa shape index (κ1) is 22.3. The Labute approximate surface area is 194 Å². The minimum atomic E-state index is -0.684. The Morgan fingerprint density at radius 3 is 2.81 bits per heavy atom. The van der Waals surface area contributed by atoms with E-state index in [0.717, 1.165) is 55.9 Å². The van der Waals surface area contributed by atoms with Crippen molar-refractivity contribution < 1.29 is 18.7 Å². The summed E-state index contributed by atoms with van der Waals surface area (Å²) in [5, 5.41) is 0.670. The summed E-state index contributed by atoms with van der Waals surface area (Å²) in [6.45, 7) is 1.15. The topological polar surface area (TPSA) is 63.7 Å². The fourth-order valence-corrected chi connectivity index (χ4v) is 4.22. The minimum absolute atomic E-state index is 0.0617. The number of nitrogens with zero attached hydrogens (tertiary/aromatic N) is 2. The van der Waals surface area contributed by atoms with Crippen molar-refractivity contribution in [2.75, 3.05) is 24.3 Å². The molecule has 1 aromatic carbocycles. The number of ether oxygens (including phenoxy) is 2. The minimum Gasteiger partial charge on any atom is -0.490 e. The molecule has 1 atom stereocenters. The second-order valence-electron chi connectivity index (χ2n) is 7.50. The molecule has 0 spiro atoms. The van der Waals surface area contributed by atoms with Gasteiger partial charge in [0.1, 0.15) is 29.3 Å². The van der Waals surface area contributed by atoms with Crippen LogP contribution in [0.4, 0.5) is 10.1 Å². The van der Waals surface area contributed by atoms with Crippen LogP contribution in [-0.4, -0.2) is 42.4 Å². The zero-order valence-electron chi connectivity index (χ0n) is 16.9. The van der Waals surface area contributed by atoms with Gasteiger partial charge in [0, 0.05) is 18.9 Å².